The Balaban J connectivity index is 3.14. The molecule has 6 heteroatoms. The second kappa shape index (κ2) is 3.65. The lowest BCUT2D eigenvalue weighted by Gasteiger charge is -2.06. The van der Waals surface area contributed by atoms with Gasteiger partial charge in [-0.25, -0.2) is 0 Å². The minimum atomic E-state index is -4.41. The third-order valence-corrected chi connectivity index (χ3v) is 1.61. The zero-order chi connectivity index (χ0) is 10.8. The molecule has 0 bridgehead atoms. The van der Waals surface area contributed by atoms with E-state index >= 15 is 0 Å². The van der Waals surface area contributed by atoms with Gasteiger partial charge in [0, 0.05) is 6.20 Å². The molecule has 1 N–H and O–H groups in total. The van der Waals surface area contributed by atoms with Crippen molar-refractivity contribution < 1.29 is 18.4 Å². The fraction of sp³-hybridized carbons (Fsp3) is 0.250. The van der Waals surface area contributed by atoms with Crippen LogP contribution in [0.4, 0.5) is 13.2 Å². The molecule has 0 aromatic carbocycles. The van der Waals surface area contributed by atoms with E-state index in [1.54, 1.807) is 0 Å². The van der Waals surface area contributed by atoms with Crippen LogP contribution in [0.5, 0.6) is 0 Å². The van der Waals surface area contributed by atoms with Crippen LogP contribution in [0, 0.1) is 0 Å². The van der Waals surface area contributed by atoms with Gasteiger partial charge in [0.25, 0.3) is 0 Å². The zero-order valence-electron chi connectivity index (χ0n) is 7.21. The van der Waals surface area contributed by atoms with Gasteiger partial charge in [-0.05, 0) is 19.1 Å². The summed E-state index contributed by atoms with van der Waals surface area (Å²) in [6.45, 7) is 1.36. The van der Waals surface area contributed by atoms with E-state index in [0.717, 1.165) is 18.3 Å². The highest BCUT2D eigenvalue weighted by Gasteiger charge is 2.30. The van der Waals surface area contributed by atoms with Crippen molar-refractivity contribution in [3.8, 4) is 0 Å². The van der Waals surface area contributed by atoms with Gasteiger partial charge in [0.2, 0.25) is 0 Å². The fourth-order valence-corrected chi connectivity index (χ4v) is 0.856. The largest absolute Gasteiger partial charge is 0.416 e. The number of halogens is 3. The molecular formula is C8H7F3N2O. The molecule has 0 radical (unpaired) electrons. The SMILES string of the molecule is CC(=NO)c1cc(C(F)(F)F)ccn1. The molecule has 1 rings (SSSR count). The molecule has 0 saturated carbocycles. The molecule has 0 fully saturated rings. The third kappa shape index (κ3) is 2.21. The molecule has 0 unspecified atom stereocenters. The van der Waals surface area contributed by atoms with Crippen molar-refractivity contribution in [2.45, 2.75) is 13.1 Å². The molecule has 0 spiro atoms. The van der Waals surface area contributed by atoms with Crippen LogP contribution in [0.25, 0.3) is 0 Å². The Morgan fingerprint density at radius 2 is 2.14 bits per heavy atom. The van der Waals surface area contributed by atoms with Gasteiger partial charge in [0.05, 0.1) is 11.3 Å². The van der Waals surface area contributed by atoms with E-state index in [1.807, 2.05) is 0 Å². The van der Waals surface area contributed by atoms with Crippen molar-refractivity contribution in [2.24, 2.45) is 5.16 Å². The van der Waals surface area contributed by atoms with Crippen molar-refractivity contribution >= 4 is 5.71 Å². The summed E-state index contributed by atoms with van der Waals surface area (Å²) >= 11 is 0. The van der Waals surface area contributed by atoms with Crippen molar-refractivity contribution in [1.29, 1.82) is 0 Å². The summed E-state index contributed by atoms with van der Waals surface area (Å²) in [7, 11) is 0. The Bertz CT molecular complexity index is 360. The number of hydrogen-bond donors (Lipinski definition) is 1. The Morgan fingerprint density at radius 1 is 1.50 bits per heavy atom. The normalized spacial score (nSPS) is 13.0. The number of rotatable bonds is 1. The first kappa shape index (κ1) is 10.5. The van der Waals surface area contributed by atoms with Crippen molar-refractivity contribution in [2.75, 3.05) is 0 Å². The highest BCUT2D eigenvalue weighted by molar-refractivity contribution is 5.96. The zero-order valence-corrected chi connectivity index (χ0v) is 7.21. The smallest absolute Gasteiger partial charge is 0.411 e. The summed E-state index contributed by atoms with van der Waals surface area (Å²) in [4.78, 5) is 3.63. The maximum absolute atomic E-state index is 12.2. The first-order chi connectivity index (χ1) is 6.45. The summed E-state index contributed by atoms with van der Waals surface area (Å²) in [5, 5.41) is 11.1. The molecule has 1 aromatic rings. The van der Waals surface area contributed by atoms with E-state index < -0.39 is 11.7 Å². The molecule has 0 aliphatic heterocycles. The van der Waals surface area contributed by atoms with Gasteiger partial charge in [-0.15, -0.1) is 0 Å². The van der Waals surface area contributed by atoms with Gasteiger partial charge in [0.15, 0.2) is 0 Å². The van der Waals surface area contributed by atoms with E-state index in [1.165, 1.54) is 6.92 Å². The quantitative estimate of drug-likeness (QED) is 0.433. The molecule has 3 nitrogen and oxygen atoms in total. The minimum Gasteiger partial charge on any atom is -0.411 e. The number of aromatic nitrogens is 1. The van der Waals surface area contributed by atoms with Crippen molar-refractivity contribution in [1.82, 2.24) is 4.98 Å². The van der Waals surface area contributed by atoms with E-state index in [0.29, 0.717) is 0 Å². The number of pyridine rings is 1. The number of oxime groups is 1. The highest BCUT2D eigenvalue weighted by atomic mass is 19.4. The van der Waals surface area contributed by atoms with E-state index in [2.05, 4.69) is 10.1 Å². The Kier molecular flexibility index (Phi) is 2.73. The number of nitrogens with zero attached hydrogens (tertiary/aromatic N) is 2. The first-order valence-corrected chi connectivity index (χ1v) is 3.67. The number of alkyl halides is 3. The van der Waals surface area contributed by atoms with Crippen LogP contribution in [-0.2, 0) is 6.18 Å². The van der Waals surface area contributed by atoms with Crippen molar-refractivity contribution in [3.05, 3.63) is 29.6 Å². The van der Waals surface area contributed by atoms with E-state index in [4.69, 9.17) is 5.21 Å². The molecule has 76 valence electrons. The lowest BCUT2D eigenvalue weighted by Crippen LogP contribution is -2.08. The maximum atomic E-state index is 12.2. The molecule has 1 heterocycles. The lowest BCUT2D eigenvalue weighted by atomic mass is 10.2. The highest BCUT2D eigenvalue weighted by Crippen LogP contribution is 2.28. The molecule has 0 amide bonds. The molecule has 0 aliphatic rings. The van der Waals surface area contributed by atoms with Crippen LogP contribution in [0.2, 0.25) is 0 Å². The average molecular weight is 204 g/mol. The first-order valence-electron chi connectivity index (χ1n) is 3.67. The van der Waals surface area contributed by atoms with E-state index in [9.17, 15) is 13.2 Å². The fourth-order valence-electron chi connectivity index (χ4n) is 0.856. The van der Waals surface area contributed by atoms with Gasteiger partial charge in [-0.2, -0.15) is 13.2 Å². The third-order valence-electron chi connectivity index (χ3n) is 1.61. The monoisotopic (exact) mass is 204 g/mol. The van der Waals surface area contributed by atoms with Crippen LogP contribution < -0.4 is 0 Å². The summed E-state index contributed by atoms with van der Waals surface area (Å²) in [6, 6.07) is 1.68. The predicted octanol–water partition coefficient (Wildman–Crippen LogP) is 2.30. The maximum Gasteiger partial charge on any atom is 0.416 e. The predicted molar refractivity (Wildman–Crippen MR) is 43.2 cm³/mol. The Hall–Kier alpha value is -1.59. The molecule has 1 aromatic heterocycles. The molecule has 0 saturated heterocycles. The van der Waals surface area contributed by atoms with Crippen LogP contribution in [0.15, 0.2) is 23.5 Å². The Labute approximate surface area is 77.9 Å². The van der Waals surface area contributed by atoms with Gasteiger partial charge in [-0.1, -0.05) is 5.16 Å². The standard InChI is InChI=1S/C8H7F3N2O/c1-5(13-14)7-4-6(2-3-12-7)8(9,10)11/h2-4,14H,1H3. The van der Waals surface area contributed by atoms with Crippen LogP contribution in [0.1, 0.15) is 18.2 Å². The molecule has 0 aliphatic carbocycles. The average Bonchev–Trinajstić information content (AvgIpc) is 2.15. The summed E-state index contributed by atoms with van der Waals surface area (Å²) in [5.41, 5.74) is -0.774. The Morgan fingerprint density at radius 3 is 2.64 bits per heavy atom. The van der Waals surface area contributed by atoms with Gasteiger partial charge in [-0.3, -0.25) is 4.98 Å². The second-order valence-corrected chi connectivity index (χ2v) is 2.61. The van der Waals surface area contributed by atoms with Crippen molar-refractivity contribution in [3.63, 3.8) is 0 Å². The number of hydrogen-bond acceptors (Lipinski definition) is 3. The minimum absolute atomic E-state index is 0.00215. The summed E-state index contributed by atoms with van der Waals surface area (Å²) in [5.74, 6) is 0. The summed E-state index contributed by atoms with van der Waals surface area (Å²) < 4.78 is 36.6. The summed E-state index contributed by atoms with van der Waals surface area (Å²) in [6.07, 6.45) is -3.39. The molecule has 0 atom stereocenters. The van der Waals surface area contributed by atoms with Crippen LogP contribution in [0.3, 0.4) is 0 Å². The topological polar surface area (TPSA) is 45.5 Å². The van der Waals surface area contributed by atoms with Gasteiger partial charge >= 0.3 is 6.18 Å². The van der Waals surface area contributed by atoms with Crippen LogP contribution >= 0.6 is 0 Å². The second-order valence-electron chi connectivity index (χ2n) is 2.61. The van der Waals surface area contributed by atoms with Crippen LogP contribution in [-0.4, -0.2) is 15.9 Å². The lowest BCUT2D eigenvalue weighted by molar-refractivity contribution is -0.137. The van der Waals surface area contributed by atoms with Gasteiger partial charge in [0.1, 0.15) is 5.71 Å². The molecular weight excluding hydrogens is 197 g/mol. The van der Waals surface area contributed by atoms with E-state index in [-0.39, 0.29) is 11.4 Å². The van der Waals surface area contributed by atoms with Gasteiger partial charge < -0.3 is 5.21 Å². The molecule has 14 heavy (non-hydrogen) atoms.